The SMILES string of the molecule is COc1ccc(C#Cc2ccc3c(c2)[C@]2(C(O)N3C(=O)N[C@@H](C)c3ccccc3)[C@H](c3ccc(OCCO)cc3)N3[C@H](c4ccccc4)[C@H](c4ccccc4)OC(=O)[C@H]3[C@@H]2C(=O)O)cc1. The molecule has 1 spiro atoms. The van der Waals surface area contributed by atoms with Gasteiger partial charge in [0.2, 0.25) is 0 Å². The number of amides is 2. The van der Waals surface area contributed by atoms with Crippen molar-refractivity contribution in [2.45, 2.75) is 48.8 Å². The molecular formula is C53H47N3O9. The fraction of sp³-hybridized carbons (Fsp3) is 0.226. The molecule has 6 aromatic rings. The quantitative estimate of drug-likeness (QED) is 0.0804. The minimum Gasteiger partial charge on any atom is -0.497 e. The maximum absolute atomic E-state index is 15.0. The van der Waals surface area contributed by atoms with Crippen LogP contribution in [0, 0.1) is 17.8 Å². The second kappa shape index (κ2) is 18.0. The molecule has 4 N–H and O–H groups in total. The highest BCUT2D eigenvalue weighted by atomic mass is 16.6. The molecule has 8 atom stereocenters. The van der Waals surface area contributed by atoms with Gasteiger partial charge in [0.25, 0.3) is 0 Å². The fourth-order valence-corrected chi connectivity index (χ4v) is 10.00. The van der Waals surface area contributed by atoms with Crippen LogP contribution in [0.2, 0.25) is 0 Å². The number of carbonyl (C=O) groups is 3. The van der Waals surface area contributed by atoms with Crippen LogP contribution in [0.1, 0.15) is 70.1 Å². The standard InChI is InChI=1S/C53H47N3O9/c1-33(36-12-6-3-7-13-36)54-52(62)55-43-29-22-35(19-18-34-20-25-40(63-2)26-21-34)32-42(43)53(51(55)61)44(49(58)59)46-50(60)65-47(38-16-10-5-11-17-38)45(37-14-8-4-9-15-37)56(46)48(53)39-23-27-41(28-24-39)64-31-30-57/h3-17,20-29,32-33,44-48,51,57,61H,30-31H2,1-2H3,(H,54,62)(H,58,59)/t33-,44+,45+,46+,47-,48-,51?,53+/m0/s1. The molecule has 2 saturated heterocycles. The Labute approximate surface area is 376 Å². The van der Waals surface area contributed by atoms with Gasteiger partial charge in [0.05, 0.1) is 48.9 Å². The van der Waals surface area contributed by atoms with Crippen LogP contribution in [0.3, 0.4) is 0 Å². The van der Waals surface area contributed by atoms with Crippen LogP contribution in [0.25, 0.3) is 0 Å². The second-order valence-corrected chi connectivity index (χ2v) is 16.3. The highest BCUT2D eigenvalue weighted by molar-refractivity contribution is 5.98. The fourth-order valence-electron chi connectivity index (χ4n) is 10.00. The lowest BCUT2D eigenvalue weighted by molar-refractivity contribution is -0.179. The maximum Gasteiger partial charge on any atom is 0.325 e. The number of cyclic esters (lactones) is 1. The molecule has 3 aliphatic heterocycles. The van der Waals surface area contributed by atoms with E-state index in [0.29, 0.717) is 39.3 Å². The molecule has 0 aliphatic carbocycles. The predicted molar refractivity (Wildman–Crippen MR) is 242 cm³/mol. The number of carbonyl (C=O) groups excluding carboxylic acids is 2. The monoisotopic (exact) mass is 869 g/mol. The topological polar surface area (TPSA) is 158 Å². The zero-order valence-electron chi connectivity index (χ0n) is 35.7. The molecule has 3 heterocycles. The molecule has 12 heteroatoms. The van der Waals surface area contributed by atoms with E-state index in [1.807, 2.05) is 115 Å². The third kappa shape index (κ3) is 7.63. The highest BCUT2D eigenvalue weighted by Gasteiger charge is 2.75. The average molecular weight is 870 g/mol. The van der Waals surface area contributed by atoms with Crippen molar-refractivity contribution in [3.05, 3.63) is 197 Å². The van der Waals surface area contributed by atoms with E-state index in [9.17, 15) is 29.7 Å². The zero-order chi connectivity index (χ0) is 45.2. The highest BCUT2D eigenvalue weighted by Crippen LogP contribution is 2.67. The largest absolute Gasteiger partial charge is 0.497 e. The summed E-state index contributed by atoms with van der Waals surface area (Å²) in [5.41, 5.74) is 2.59. The number of nitrogens with zero attached hydrogens (tertiary/aromatic N) is 2. The van der Waals surface area contributed by atoms with Gasteiger partial charge in [-0.3, -0.25) is 19.4 Å². The summed E-state index contributed by atoms with van der Waals surface area (Å²) in [5.74, 6) is 3.69. The zero-order valence-corrected chi connectivity index (χ0v) is 35.7. The number of aliphatic hydroxyl groups excluding tert-OH is 2. The van der Waals surface area contributed by atoms with E-state index in [1.165, 1.54) is 4.90 Å². The molecule has 328 valence electrons. The number of hydrogen-bond acceptors (Lipinski definition) is 9. The van der Waals surface area contributed by atoms with Crippen molar-refractivity contribution >= 4 is 23.7 Å². The van der Waals surface area contributed by atoms with Crippen LogP contribution in [-0.4, -0.2) is 70.8 Å². The first-order chi connectivity index (χ1) is 31.6. The van der Waals surface area contributed by atoms with Crippen molar-refractivity contribution in [3.8, 4) is 23.3 Å². The Bertz CT molecular complexity index is 2740. The normalized spacial score (nSPS) is 23.6. The number of ether oxygens (including phenoxy) is 3. The Morgan fingerprint density at radius 1 is 0.769 bits per heavy atom. The first-order valence-electron chi connectivity index (χ1n) is 21.4. The minimum atomic E-state index is -1.94. The van der Waals surface area contributed by atoms with E-state index in [2.05, 4.69) is 17.2 Å². The molecule has 0 aromatic heterocycles. The summed E-state index contributed by atoms with van der Waals surface area (Å²) in [6, 6.07) is 42.9. The van der Waals surface area contributed by atoms with E-state index < -0.39 is 65.8 Å². The Hall–Kier alpha value is -7.43. The lowest BCUT2D eigenvalue weighted by atomic mass is 9.64. The number of carboxylic acids is 1. The van der Waals surface area contributed by atoms with Crippen molar-refractivity contribution in [2.75, 3.05) is 25.2 Å². The van der Waals surface area contributed by atoms with Crippen LogP contribution in [0.5, 0.6) is 11.5 Å². The molecule has 3 aliphatic rings. The van der Waals surface area contributed by atoms with E-state index in [0.717, 1.165) is 11.1 Å². The first-order valence-corrected chi connectivity index (χ1v) is 21.4. The molecule has 9 rings (SSSR count). The molecule has 0 radical (unpaired) electrons. The molecule has 0 bridgehead atoms. The van der Waals surface area contributed by atoms with Gasteiger partial charge in [0.15, 0.2) is 0 Å². The molecule has 2 fully saturated rings. The summed E-state index contributed by atoms with van der Waals surface area (Å²) in [7, 11) is 1.58. The number of urea groups is 1. The number of nitrogens with one attached hydrogen (secondary N) is 1. The van der Waals surface area contributed by atoms with Crippen molar-refractivity contribution in [1.29, 1.82) is 0 Å². The van der Waals surface area contributed by atoms with Gasteiger partial charge in [-0.1, -0.05) is 115 Å². The summed E-state index contributed by atoms with van der Waals surface area (Å²) >= 11 is 0. The predicted octanol–water partition coefficient (Wildman–Crippen LogP) is 7.48. The second-order valence-electron chi connectivity index (χ2n) is 16.3. The Balaban J connectivity index is 1.30. The van der Waals surface area contributed by atoms with Gasteiger partial charge < -0.3 is 34.8 Å². The Morgan fingerprint density at radius 2 is 1.37 bits per heavy atom. The number of benzene rings is 6. The lowest BCUT2D eigenvalue weighted by Crippen LogP contribution is -2.57. The van der Waals surface area contributed by atoms with E-state index in [-0.39, 0.29) is 18.9 Å². The van der Waals surface area contributed by atoms with E-state index in [1.54, 1.807) is 61.7 Å². The number of aliphatic hydroxyl groups is 2. The van der Waals surface area contributed by atoms with Crippen LogP contribution in [0.4, 0.5) is 10.5 Å². The van der Waals surface area contributed by atoms with Gasteiger partial charge in [-0.15, -0.1) is 0 Å². The first kappa shape index (κ1) is 42.9. The molecule has 1 unspecified atom stereocenters. The lowest BCUT2D eigenvalue weighted by Gasteiger charge is -2.46. The third-order valence-corrected chi connectivity index (χ3v) is 12.8. The number of carboxylic acid groups (broad SMARTS) is 1. The number of rotatable bonds is 10. The van der Waals surface area contributed by atoms with Gasteiger partial charge in [0.1, 0.15) is 36.5 Å². The van der Waals surface area contributed by atoms with Gasteiger partial charge in [-0.2, -0.15) is 0 Å². The third-order valence-electron chi connectivity index (χ3n) is 12.8. The van der Waals surface area contributed by atoms with Gasteiger partial charge in [-0.25, -0.2) is 4.79 Å². The number of hydrogen-bond donors (Lipinski definition) is 4. The molecule has 2 amide bonds. The summed E-state index contributed by atoms with van der Waals surface area (Å²) in [5, 5.41) is 37.7. The summed E-state index contributed by atoms with van der Waals surface area (Å²) in [6.45, 7) is 1.66. The van der Waals surface area contributed by atoms with Crippen molar-refractivity contribution < 1.29 is 43.9 Å². The molecule has 65 heavy (non-hydrogen) atoms. The molecular weight excluding hydrogens is 823 g/mol. The van der Waals surface area contributed by atoms with Crippen LogP contribution in [-0.2, 0) is 19.7 Å². The van der Waals surface area contributed by atoms with Crippen molar-refractivity contribution in [2.24, 2.45) is 5.92 Å². The van der Waals surface area contributed by atoms with Gasteiger partial charge in [0, 0.05) is 11.1 Å². The maximum atomic E-state index is 15.0. The molecule has 6 aromatic carbocycles. The van der Waals surface area contributed by atoms with E-state index in [4.69, 9.17) is 14.2 Å². The summed E-state index contributed by atoms with van der Waals surface area (Å²) < 4.78 is 17.5. The number of esters is 1. The smallest absolute Gasteiger partial charge is 0.325 e. The number of anilines is 1. The minimum absolute atomic E-state index is 0.0422. The molecule has 12 nitrogen and oxygen atoms in total. The van der Waals surface area contributed by atoms with Crippen molar-refractivity contribution in [3.63, 3.8) is 0 Å². The van der Waals surface area contributed by atoms with Crippen LogP contribution in [0.15, 0.2) is 158 Å². The average Bonchev–Trinajstić information content (AvgIpc) is 3.80. The Morgan fingerprint density at radius 3 is 2.00 bits per heavy atom. The van der Waals surface area contributed by atoms with Gasteiger partial charge >= 0.3 is 18.0 Å². The van der Waals surface area contributed by atoms with Crippen LogP contribution >= 0.6 is 0 Å². The number of methoxy groups -OCH3 is 1. The number of aliphatic carboxylic acids is 1. The Kier molecular flexibility index (Phi) is 11.9. The van der Waals surface area contributed by atoms with Crippen molar-refractivity contribution in [1.82, 2.24) is 10.2 Å². The van der Waals surface area contributed by atoms with Crippen LogP contribution < -0.4 is 19.7 Å². The summed E-state index contributed by atoms with van der Waals surface area (Å²) in [4.78, 5) is 47.4. The number of morpholine rings is 1. The van der Waals surface area contributed by atoms with E-state index >= 15 is 0 Å². The van der Waals surface area contributed by atoms with Gasteiger partial charge in [-0.05, 0) is 89.3 Å². The summed E-state index contributed by atoms with van der Waals surface area (Å²) in [6.07, 6.45) is -2.76. The molecule has 0 saturated carbocycles. The number of fused-ring (bicyclic) bond motifs is 3.